The summed E-state index contributed by atoms with van der Waals surface area (Å²) in [5, 5.41) is 10.8. The van der Waals surface area contributed by atoms with Crippen LogP contribution in [0.15, 0.2) is 36.8 Å². The van der Waals surface area contributed by atoms with Crippen LogP contribution in [0.5, 0.6) is 5.75 Å². The molecule has 1 amide bonds. The molecule has 1 aliphatic rings. The van der Waals surface area contributed by atoms with Crippen molar-refractivity contribution >= 4 is 5.91 Å². The lowest BCUT2D eigenvalue weighted by molar-refractivity contribution is -0.0414. The average molecular weight is 359 g/mol. The lowest BCUT2D eigenvalue weighted by atomic mass is 9.88. The predicted molar refractivity (Wildman–Crippen MR) is 93.3 cm³/mol. The SMILES string of the molecule is Cc1ncncc1C(=O)N(C)[C@@H]1CCC[C@H](Oc2cccc(F)c2)[C@H]1O. The first-order valence-electron chi connectivity index (χ1n) is 8.61. The molecular weight excluding hydrogens is 337 g/mol. The number of hydrogen-bond acceptors (Lipinski definition) is 5. The van der Waals surface area contributed by atoms with Crippen LogP contribution in [0.3, 0.4) is 0 Å². The summed E-state index contributed by atoms with van der Waals surface area (Å²) >= 11 is 0. The monoisotopic (exact) mass is 359 g/mol. The molecule has 7 heteroatoms. The second kappa shape index (κ2) is 7.78. The average Bonchev–Trinajstić information content (AvgIpc) is 2.63. The topological polar surface area (TPSA) is 75.6 Å². The van der Waals surface area contributed by atoms with Crippen molar-refractivity contribution in [1.29, 1.82) is 0 Å². The van der Waals surface area contributed by atoms with Crippen molar-refractivity contribution in [3.05, 3.63) is 53.9 Å². The first kappa shape index (κ1) is 18.3. The van der Waals surface area contributed by atoms with Crippen LogP contribution < -0.4 is 4.74 Å². The molecule has 26 heavy (non-hydrogen) atoms. The quantitative estimate of drug-likeness (QED) is 0.907. The van der Waals surface area contributed by atoms with E-state index in [0.29, 0.717) is 29.8 Å². The first-order chi connectivity index (χ1) is 12.5. The number of aromatic nitrogens is 2. The molecule has 1 N–H and O–H groups in total. The van der Waals surface area contributed by atoms with E-state index < -0.39 is 24.1 Å². The molecule has 0 spiro atoms. The molecule has 0 unspecified atom stereocenters. The molecule has 1 aromatic heterocycles. The Balaban J connectivity index is 1.73. The van der Waals surface area contributed by atoms with Crippen molar-refractivity contribution < 1.29 is 19.0 Å². The first-order valence-corrected chi connectivity index (χ1v) is 8.61. The van der Waals surface area contributed by atoms with Crippen molar-refractivity contribution in [2.45, 2.75) is 44.4 Å². The number of hydrogen-bond donors (Lipinski definition) is 1. The Kier molecular flexibility index (Phi) is 5.46. The molecular formula is C19H22FN3O3. The van der Waals surface area contributed by atoms with Crippen LogP contribution in [0.1, 0.15) is 35.3 Å². The summed E-state index contributed by atoms with van der Waals surface area (Å²) in [5.41, 5.74) is 1.00. The smallest absolute Gasteiger partial charge is 0.257 e. The van der Waals surface area contributed by atoms with Gasteiger partial charge in [-0.3, -0.25) is 4.79 Å². The summed E-state index contributed by atoms with van der Waals surface area (Å²) in [4.78, 5) is 22.2. The maximum absolute atomic E-state index is 13.3. The lowest BCUT2D eigenvalue weighted by Gasteiger charge is -2.39. The third-order valence-corrected chi connectivity index (χ3v) is 4.81. The van der Waals surface area contributed by atoms with Gasteiger partial charge in [-0.2, -0.15) is 0 Å². The number of benzene rings is 1. The van der Waals surface area contributed by atoms with Crippen LogP contribution in [0.4, 0.5) is 4.39 Å². The molecule has 0 radical (unpaired) electrons. The van der Waals surface area contributed by atoms with Crippen molar-refractivity contribution in [3.63, 3.8) is 0 Å². The number of nitrogens with zero attached hydrogens (tertiary/aromatic N) is 3. The van der Waals surface area contributed by atoms with Crippen molar-refractivity contribution in [1.82, 2.24) is 14.9 Å². The number of aliphatic hydroxyl groups is 1. The second-order valence-electron chi connectivity index (χ2n) is 6.54. The van der Waals surface area contributed by atoms with Crippen LogP contribution in [0.2, 0.25) is 0 Å². The Labute approximate surface area is 151 Å². The van der Waals surface area contributed by atoms with E-state index in [1.165, 1.54) is 29.6 Å². The molecule has 3 rings (SSSR count). The van der Waals surface area contributed by atoms with E-state index in [1.807, 2.05) is 0 Å². The predicted octanol–water partition coefficient (Wildman–Crippen LogP) is 2.36. The number of likely N-dealkylation sites (N-methyl/N-ethyl adjacent to an activating group) is 1. The molecule has 0 bridgehead atoms. The highest BCUT2D eigenvalue weighted by Gasteiger charge is 2.37. The maximum atomic E-state index is 13.3. The third-order valence-electron chi connectivity index (χ3n) is 4.81. The number of ether oxygens (including phenoxy) is 1. The van der Waals surface area contributed by atoms with Gasteiger partial charge >= 0.3 is 0 Å². The highest BCUT2D eigenvalue weighted by atomic mass is 19.1. The number of aliphatic hydroxyl groups excluding tert-OH is 1. The Morgan fingerprint density at radius 3 is 2.92 bits per heavy atom. The molecule has 1 saturated carbocycles. The lowest BCUT2D eigenvalue weighted by Crippen LogP contribution is -2.53. The van der Waals surface area contributed by atoms with Gasteiger partial charge in [-0.15, -0.1) is 0 Å². The van der Waals surface area contributed by atoms with E-state index in [-0.39, 0.29) is 5.91 Å². The van der Waals surface area contributed by atoms with Gasteiger partial charge in [-0.1, -0.05) is 6.07 Å². The Hall–Kier alpha value is -2.54. The molecule has 0 aliphatic heterocycles. The number of carbonyl (C=O) groups excluding carboxylic acids is 1. The van der Waals surface area contributed by atoms with Gasteiger partial charge in [-0.25, -0.2) is 14.4 Å². The second-order valence-corrected chi connectivity index (χ2v) is 6.54. The molecule has 2 aromatic rings. The standard InChI is InChI=1S/C19H22FN3O3/c1-12-15(10-21-11-22-12)19(25)23(2)16-7-4-8-17(18(16)24)26-14-6-3-5-13(20)9-14/h3,5-6,9-11,16-18,24H,4,7-8H2,1-2H3/t16-,17+,18+/m1/s1. The Morgan fingerprint density at radius 1 is 1.38 bits per heavy atom. The third kappa shape index (κ3) is 3.83. The zero-order valence-electron chi connectivity index (χ0n) is 14.8. The molecule has 1 aliphatic carbocycles. The van der Waals surface area contributed by atoms with E-state index in [2.05, 4.69) is 9.97 Å². The van der Waals surface area contributed by atoms with Crippen LogP contribution in [0, 0.1) is 12.7 Å². The van der Waals surface area contributed by atoms with E-state index in [4.69, 9.17) is 4.74 Å². The summed E-state index contributed by atoms with van der Waals surface area (Å²) in [6.45, 7) is 1.75. The Bertz CT molecular complexity index is 786. The fourth-order valence-corrected chi connectivity index (χ4v) is 3.33. The zero-order valence-corrected chi connectivity index (χ0v) is 14.8. The van der Waals surface area contributed by atoms with E-state index in [1.54, 1.807) is 26.1 Å². The van der Waals surface area contributed by atoms with Gasteiger partial charge in [0.2, 0.25) is 0 Å². The summed E-state index contributed by atoms with van der Waals surface area (Å²) in [5.74, 6) is -0.259. The van der Waals surface area contributed by atoms with Crippen LogP contribution in [-0.2, 0) is 0 Å². The van der Waals surface area contributed by atoms with Crippen molar-refractivity contribution in [2.75, 3.05) is 7.05 Å². The molecule has 6 nitrogen and oxygen atoms in total. The minimum Gasteiger partial charge on any atom is -0.488 e. The number of carbonyl (C=O) groups is 1. The fourth-order valence-electron chi connectivity index (χ4n) is 3.33. The van der Waals surface area contributed by atoms with E-state index in [9.17, 15) is 14.3 Å². The maximum Gasteiger partial charge on any atom is 0.257 e. The van der Waals surface area contributed by atoms with Gasteiger partial charge < -0.3 is 14.7 Å². The van der Waals surface area contributed by atoms with Crippen LogP contribution in [0.25, 0.3) is 0 Å². The molecule has 3 atom stereocenters. The van der Waals surface area contributed by atoms with Gasteiger partial charge in [0.15, 0.2) is 0 Å². The van der Waals surface area contributed by atoms with Crippen LogP contribution in [-0.4, -0.2) is 51.2 Å². The number of rotatable bonds is 4. The molecule has 1 heterocycles. The van der Waals surface area contributed by atoms with Gasteiger partial charge in [0.1, 0.15) is 30.1 Å². The normalized spacial score (nSPS) is 22.7. The zero-order chi connectivity index (χ0) is 18.7. The fraction of sp³-hybridized carbons (Fsp3) is 0.421. The van der Waals surface area contributed by atoms with Crippen LogP contribution >= 0.6 is 0 Å². The molecule has 1 aromatic carbocycles. The van der Waals surface area contributed by atoms with E-state index in [0.717, 1.165) is 6.42 Å². The summed E-state index contributed by atoms with van der Waals surface area (Å²) in [6.07, 6.45) is 3.61. The summed E-state index contributed by atoms with van der Waals surface area (Å²) in [7, 11) is 1.66. The minimum atomic E-state index is -0.870. The molecule has 138 valence electrons. The largest absolute Gasteiger partial charge is 0.488 e. The van der Waals surface area contributed by atoms with Gasteiger partial charge in [-0.05, 0) is 38.3 Å². The summed E-state index contributed by atoms with van der Waals surface area (Å²) in [6, 6.07) is 5.44. The number of aryl methyl sites for hydroxylation is 1. The highest BCUT2D eigenvalue weighted by Crippen LogP contribution is 2.28. The minimum absolute atomic E-state index is 0.237. The Morgan fingerprint density at radius 2 is 2.19 bits per heavy atom. The molecule has 0 saturated heterocycles. The van der Waals surface area contributed by atoms with Gasteiger partial charge in [0.25, 0.3) is 5.91 Å². The van der Waals surface area contributed by atoms with Crippen molar-refractivity contribution in [3.8, 4) is 5.75 Å². The molecule has 1 fully saturated rings. The number of amides is 1. The highest BCUT2D eigenvalue weighted by molar-refractivity contribution is 5.95. The van der Waals surface area contributed by atoms with Gasteiger partial charge in [0.05, 0.1) is 17.3 Å². The van der Waals surface area contributed by atoms with Crippen molar-refractivity contribution in [2.24, 2.45) is 0 Å². The van der Waals surface area contributed by atoms with E-state index >= 15 is 0 Å². The van der Waals surface area contributed by atoms with Gasteiger partial charge in [0, 0.05) is 19.3 Å². The number of halogens is 1. The summed E-state index contributed by atoms with van der Waals surface area (Å²) < 4.78 is 19.1.